The number of phosphoric acid groups is 1. The number of ether oxygens (including phenoxy) is 2. The zero-order chi connectivity index (χ0) is 44.8. The summed E-state index contributed by atoms with van der Waals surface area (Å²) < 4.78 is 34.6. The van der Waals surface area contributed by atoms with E-state index < -0.39 is 13.9 Å². The van der Waals surface area contributed by atoms with Crippen molar-refractivity contribution < 1.29 is 37.3 Å². The second-order valence-electron chi connectivity index (χ2n) is 17.1. The first kappa shape index (κ1) is 58.7. The number of carbonyl (C=O) groups is 1. The molecule has 0 N–H and O–H groups in total. The fourth-order valence-electron chi connectivity index (χ4n) is 6.19. The van der Waals surface area contributed by atoms with Crippen LogP contribution in [-0.4, -0.2) is 70.7 Å². The van der Waals surface area contributed by atoms with Crippen molar-refractivity contribution in [3.63, 3.8) is 0 Å². The number of unbranched alkanes of at least 4 members (excludes halogenated alkanes) is 16. The summed E-state index contributed by atoms with van der Waals surface area (Å²) in [5.74, 6) is -0.379. The number of quaternary nitrogens is 1. The van der Waals surface area contributed by atoms with Crippen molar-refractivity contribution in [2.75, 3.05) is 54.1 Å². The summed E-state index contributed by atoms with van der Waals surface area (Å²) in [5.41, 5.74) is 0. The van der Waals surface area contributed by atoms with Crippen molar-refractivity contribution in [3.8, 4) is 0 Å². The van der Waals surface area contributed by atoms with Gasteiger partial charge in [0.2, 0.25) is 0 Å². The number of esters is 1. The average Bonchev–Trinajstić information content (AvgIpc) is 3.22. The molecule has 0 aliphatic rings. The molecule has 0 aliphatic carbocycles. The predicted octanol–water partition coefficient (Wildman–Crippen LogP) is 14.2. The molecule has 0 bridgehead atoms. The third kappa shape index (κ3) is 48.6. The maximum Gasteiger partial charge on any atom is 0.306 e. The molecule has 0 fully saturated rings. The van der Waals surface area contributed by atoms with Gasteiger partial charge < -0.3 is 27.9 Å². The second kappa shape index (κ2) is 44.3. The fraction of sp³-hybridized carbons (Fsp3) is 0.712. The highest BCUT2D eigenvalue weighted by molar-refractivity contribution is 7.45. The molecule has 2 atom stereocenters. The predicted molar refractivity (Wildman–Crippen MR) is 258 cm³/mol. The molecule has 0 aromatic heterocycles. The van der Waals surface area contributed by atoms with Gasteiger partial charge in [0.25, 0.3) is 7.82 Å². The molecule has 9 heteroatoms. The minimum atomic E-state index is -4.55. The Morgan fingerprint density at radius 2 is 0.951 bits per heavy atom. The normalized spacial score (nSPS) is 14.4. The number of likely N-dealkylation sites (N-methyl/N-ethyl adjacent to an activating group) is 1. The van der Waals surface area contributed by atoms with E-state index in [0.29, 0.717) is 24.1 Å². The zero-order valence-electron chi connectivity index (χ0n) is 39.8. The molecule has 0 saturated heterocycles. The first-order chi connectivity index (χ1) is 29.6. The number of rotatable bonds is 44. The van der Waals surface area contributed by atoms with Crippen LogP contribution in [0.2, 0.25) is 0 Å². The van der Waals surface area contributed by atoms with E-state index in [-0.39, 0.29) is 32.2 Å². The highest BCUT2D eigenvalue weighted by Crippen LogP contribution is 2.38. The molecule has 0 saturated carbocycles. The molecule has 61 heavy (non-hydrogen) atoms. The Bertz CT molecular complexity index is 1250. The van der Waals surface area contributed by atoms with Crippen LogP contribution in [0.25, 0.3) is 0 Å². The monoisotopic (exact) mass is 874 g/mol. The Hall–Kier alpha value is -2.32. The number of phosphoric ester groups is 1. The van der Waals surface area contributed by atoms with Crippen LogP contribution in [0, 0.1) is 0 Å². The lowest BCUT2D eigenvalue weighted by atomic mass is 10.1. The van der Waals surface area contributed by atoms with Gasteiger partial charge in [0.05, 0.1) is 34.4 Å². The summed E-state index contributed by atoms with van der Waals surface area (Å²) in [5, 5.41) is 0. The fourth-order valence-corrected chi connectivity index (χ4v) is 6.92. The van der Waals surface area contributed by atoms with Gasteiger partial charge in [-0.2, -0.15) is 0 Å². The van der Waals surface area contributed by atoms with E-state index in [9.17, 15) is 14.3 Å². The van der Waals surface area contributed by atoms with E-state index in [1.165, 1.54) is 89.9 Å². The topological polar surface area (TPSA) is 94.1 Å². The van der Waals surface area contributed by atoms with E-state index in [4.69, 9.17) is 18.5 Å². The van der Waals surface area contributed by atoms with Gasteiger partial charge in [-0.05, 0) is 89.9 Å². The van der Waals surface area contributed by atoms with Crippen LogP contribution < -0.4 is 4.89 Å². The van der Waals surface area contributed by atoms with Gasteiger partial charge in [0.1, 0.15) is 19.3 Å². The van der Waals surface area contributed by atoms with Crippen LogP contribution in [0.15, 0.2) is 85.1 Å². The van der Waals surface area contributed by atoms with Crippen molar-refractivity contribution in [3.05, 3.63) is 85.1 Å². The maximum atomic E-state index is 12.7. The Balaban J connectivity index is 4.22. The Morgan fingerprint density at radius 3 is 1.43 bits per heavy atom. The maximum absolute atomic E-state index is 12.7. The smallest absolute Gasteiger partial charge is 0.306 e. The Morgan fingerprint density at radius 1 is 0.525 bits per heavy atom. The molecule has 0 rings (SSSR count). The zero-order valence-corrected chi connectivity index (χ0v) is 40.7. The summed E-state index contributed by atoms with van der Waals surface area (Å²) >= 11 is 0. The molecule has 0 aromatic carbocycles. The largest absolute Gasteiger partial charge is 0.756 e. The van der Waals surface area contributed by atoms with Gasteiger partial charge in [0.15, 0.2) is 0 Å². The molecular formula is C52H92NO7P. The SMILES string of the molecule is CC/C=C\C/C=C\C/C=C\C/C=C\CCCCC(=O)OC(COCCCCCCCCCCC/C=C\C/C=C\C/C=C\CCCCCCC)COP(=O)([O-])OCC[N+](C)(C)C. The lowest BCUT2D eigenvalue weighted by molar-refractivity contribution is -0.870. The molecule has 0 radical (unpaired) electrons. The van der Waals surface area contributed by atoms with Crippen LogP contribution in [-0.2, 0) is 27.9 Å². The Kier molecular flexibility index (Phi) is 42.6. The molecule has 0 amide bonds. The average molecular weight is 874 g/mol. The third-order valence-electron chi connectivity index (χ3n) is 9.93. The standard InChI is InChI=1S/C52H92NO7P/c1-6-8-10-12-14-16-18-20-22-23-24-25-26-27-28-29-30-32-34-36-38-40-42-44-47-57-49-51(50-59-61(55,56)58-48-46-53(3,4)5)60-52(54)45-43-41-39-37-35-33-31-21-19-17-15-13-11-9-7-2/h9,11,15,17-18,20-21,23-24,26-27,31,35,37,51H,6-8,10,12-14,16,19,22,25,28-30,32-34,36,38-50H2,1-5H3/b11-9-,17-15-,20-18-,24-23-,27-26-,31-21-,37-35-. The highest BCUT2D eigenvalue weighted by Gasteiger charge is 2.20. The van der Waals surface area contributed by atoms with E-state index in [2.05, 4.69) is 98.9 Å². The molecule has 352 valence electrons. The van der Waals surface area contributed by atoms with E-state index in [1.54, 1.807) is 0 Å². The van der Waals surface area contributed by atoms with Crippen LogP contribution in [0.5, 0.6) is 0 Å². The van der Waals surface area contributed by atoms with Gasteiger partial charge in [0, 0.05) is 13.0 Å². The first-order valence-electron chi connectivity index (χ1n) is 24.3. The van der Waals surface area contributed by atoms with E-state index in [1.807, 2.05) is 21.1 Å². The highest BCUT2D eigenvalue weighted by atomic mass is 31.2. The molecule has 0 aromatic rings. The molecule has 8 nitrogen and oxygen atoms in total. The molecule has 0 heterocycles. The van der Waals surface area contributed by atoms with Gasteiger partial charge in [-0.3, -0.25) is 9.36 Å². The minimum absolute atomic E-state index is 0.0123. The van der Waals surface area contributed by atoms with Crippen LogP contribution >= 0.6 is 7.82 Å². The first-order valence-corrected chi connectivity index (χ1v) is 25.8. The second-order valence-corrected chi connectivity index (χ2v) is 18.5. The summed E-state index contributed by atoms with van der Waals surface area (Å²) in [7, 11) is 1.31. The summed E-state index contributed by atoms with van der Waals surface area (Å²) in [6.07, 6.45) is 59.0. The van der Waals surface area contributed by atoms with Crippen LogP contribution in [0.4, 0.5) is 0 Å². The number of hydrogen-bond donors (Lipinski definition) is 0. The quantitative estimate of drug-likeness (QED) is 0.0198. The van der Waals surface area contributed by atoms with Gasteiger partial charge in [-0.25, -0.2) is 0 Å². The number of carbonyl (C=O) groups excluding carboxylic acids is 1. The van der Waals surface area contributed by atoms with E-state index >= 15 is 0 Å². The molecule has 0 aliphatic heterocycles. The van der Waals surface area contributed by atoms with Crippen molar-refractivity contribution in [2.45, 2.75) is 187 Å². The van der Waals surface area contributed by atoms with Crippen molar-refractivity contribution in [2.24, 2.45) is 0 Å². The molecular weight excluding hydrogens is 782 g/mol. The van der Waals surface area contributed by atoms with E-state index in [0.717, 1.165) is 64.2 Å². The lowest BCUT2D eigenvalue weighted by Gasteiger charge is -2.28. The van der Waals surface area contributed by atoms with Gasteiger partial charge in [-0.1, -0.05) is 170 Å². The van der Waals surface area contributed by atoms with Crippen LogP contribution in [0.3, 0.4) is 0 Å². The summed E-state index contributed by atoms with van der Waals surface area (Å²) in [6.45, 7) is 5.20. The number of allylic oxidation sites excluding steroid dienone is 14. The van der Waals surface area contributed by atoms with Crippen LogP contribution in [0.1, 0.15) is 181 Å². The van der Waals surface area contributed by atoms with Crippen molar-refractivity contribution in [1.29, 1.82) is 0 Å². The van der Waals surface area contributed by atoms with Crippen molar-refractivity contribution >= 4 is 13.8 Å². The lowest BCUT2D eigenvalue weighted by Crippen LogP contribution is -2.37. The summed E-state index contributed by atoms with van der Waals surface area (Å²) in [6, 6.07) is 0. The molecule has 0 spiro atoms. The Labute approximate surface area is 375 Å². The molecule has 2 unspecified atom stereocenters. The number of hydrogen-bond acceptors (Lipinski definition) is 7. The van der Waals surface area contributed by atoms with Crippen molar-refractivity contribution in [1.82, 2.24) is 0 Å². The van der Waals surface area contributed by atoms with Gasteiger partial charge in [-0.15, -0.1) is 0 Å². The number of nitrogens with zero attached hydrogens (tertiary/aromatic N) is 1. The minimum Gasteiger partial charge on any atom is -0.756 e. The summed E-state index contributed by atoms with van der Waals surface area (Å²) in [4.78, 5) is 25.1. The third-order valence-corrected chi connectivity index (χ3v) is 10.9. The van der Waals surface area contributed by atoms with Gasteiger partial charge >= 0.3 is 5.97 Å².